The highest BCUT2D eigenvalue weighted by Gasteiger charge is 2.05. The second kappa shape index (κ2) is 4.42. The van der Waals surface area contributed by atoms with Crippen LogP contribution in [0, 0.1) is 0 Å². The normalized spacial score (nSPS) is 12.8. The maximum atomic E-state index is 5.61. The van der Waals surface area contributed by atoms with E-state index in [-0.39, 0.29) is 18.4 Å². The Balaban J connectivity index is 0.00000121. The third-order valence-electron chi connectivity index (χ3n) is 1.52. The van der Waals surface area contributed by atoms with E-state index in [9.17, 15) is 0 Å². The van der Waals surface area contributed by atoms with Crippen LogP contribution in [0.3, 0.4) is 0 Å². The zero-order valence-corrected chi connectivity index (χ0v) is 8.38. The maximum absolute atomic E-state index is 5.61. The molecule has 0 saturated carbocycles. The van der Waals surface area contributed by atoms with Crippen LogP contribution in [0.15, 0.2) is 6.20 Å². The molecule has 0 aliphatic heterocycles. The molecule has 0 fully saturated rings. The maximum Gasteiger partial charge on any atom is 0.0991 e. The molecule has 0 aliphatic carbocycles. The van der Waals surface area contributed by atoms with Gasteiger partial charge in [0.05, 0.1) is 11.9 Å². The zero-order valence-electron chi connectivity index (χ0n) is 7.56. The zero-order chi connectivity index (χ0) is 8.43. The Morgan fingerprint density at radius 1 is 1.42 bits per heavy atom. The first-order valence-corrected chi connectivity index (χ1v) is 3.78. The van der Waals surface area contributed by atoms with E-state index in [1.807, 2.05) is 13.1 Å². The van der Waals surface area contributed by atoms with Crippen molar-refractivity contribution < 1.29 is 0 Å². The van der Waals surface area contributed by atoms with Gasteiger partial charge in [0, 0.05) is 12.1 Å². The molecular formula is C7H15ClN4. The second-order valence-corrected chi connectivity index (χ2v) is 3.01. The number of hydrogen-bond donors (Lipinski definition) is 1. The summed E-state index contributed by atoms with van der Waals surface area (Å²) in [5, 5.41) is 7.85. The molecule has 0 spiro atoms. The molecule has 4 nitrogen and oxygen atoms in total. The molecule has 1 atom stereocenters. The Labute approximate surface area is 78.5 Å². The minimum atomic E-state index is -0.0255. The van der Waals surface area contributed by atoms with Crippen LogP contribution in [-0.4, -0.2) is 15.0 Å². The first-order chi connectivity index (χ1) is 5.11. The van der Waals surface area contributed by atoms with Crippen LogP contribution >= 0.6 is 12.4 Å². The van der Waals surface area contributed by atoms with Crippen molar-refractivity contribution in [1.82, 2.24) is 15.0 Å². The van der Waals surface area contributed by atoms with Crippen molar-refractivity contribution in [3.05, 3.63) is 11.9 Å². The average molecular weight is 191 g/mol. The summed E-state index contributed by atoms with van der Waals surface area (Å²) in [6.45, 7) is 6.01. The lowest BCUT2D eigenvalue weighted by molar-refractivity contribution is 0.514. The summed E-state index contributed by atoms with van der Waals surface area (Å²) in [7, 11) is 0. The van der Waals surface area contributed by atoms with Crippen LogP contribution in [0.5, 0.6) is 0 Å². The van der Waals surface area contributed by atoms with Gasteiger partial charge in [-0.25, -0.2) is 4.68 Å². The Morgan fingerprint density at radius 2 is 2.00 bits per heavy atom. The van der Waals surface area contributed by atoms with Crippen LogP contribution in [0.25, 0.3) is 0 Å². The fourth-order valence-electron chi connectivity index (χ4n) is 0.751. The van der Waals surface area contributed by atoms with Gasteiger partial charge in [0.2, 0.25) is 0 Å². The highest BCUT2D eigenvalue weighted by atomic mass is 35.5. The number of rotatable bonds is 2. The lowest BCUT2D eigenvalue weighted by atomic mass is 10.3. The molecule has 1 rings (SSSR count). The average Bonchev–Trinajstić information content (AvgIpc) is 2.33. The Bertz CT molecular complexity index is 209. The predicted molar refractivity (Wildman–Crippen MR) is 50.3 cm³/mol. The van der Waals surface area contributed by atoms with Gasteiger partial charge in [0.1, 0.15) is 0 Å². The minimum Gasteiger partial charge on any atom is -0.323 e. The van der Waals surface area contributed by atoms with Crippen molar-refractivity contribution in [1.29, 1.82) is 0 Å². The van der Waals surface area contributed by atoms with Crippen LogP contribution in [0.2, 0.25) is 0 Å². The van der Waals surface area contributed by atoms with Crippen molar-refractivity contribution >= 4 is 12.4 Å². The van der Waals surface area contributed by atoms with Gasteiger partial charge >= 0.3 is 0 Å². The highest BCUT2D eigenvalue weighted by Crippen LogP contribution is 2.07. The Morgan fingerprint density at radius 3 is 2.25 bits per heavy atom. The van der Waals surface area contributed by atoms with Crippen molar-refractivity contribution in [3.63, 3.8) is 0 Å². The summed E-state index contributed by atoms with van der Waals surface area (Å²) in [4.78, 5) is 0. The Kier molecular flexibility index (Phi) is 4.20. The first-order valence-electron chi connectivity index (χ1n) is 3.78. The first kappa shape index (κ1) is 11.4. The summed E-state index contributed by atoms with van der Waals surface area (Å²) < 4.78 is 1.80. The summed E-state index contributed by atoms with van der Waals surface area (Å²) in [6, 6.07) is 0.331. The van der Waals surface area contributed by atoms with E-state index in [0.29, 0.717) is 6.04 Å². The summed E-state index contributed by atoms with van der Waals surface area (Å²) in [5.74, 6) is 0. The van der Waals surface area contributed by atoms with Crippen LogP contribution in [0.1, 0.15) is 38.5 Å². The summed E-state index contributed by atoms with van der Waals surface area (Å²) >= 11 is 0. The largest absolute Gasteiger partial charge is 0.323 e. The van der Waals surface area contributed by atoms with Crippen LogP contribution in [0.4, 0.5) is 0 Å². The molecule has 0 aromatic carbocycles. The number of aromatic nitrogens is 3. The van der Waals surface area contributed by atoms with Crippen LogP contribution < -0.4 is 5.73 Å². The lowest BCUT2D eigenvalue weighted by Crippen LogP contribution is -2.05. The molecule has 1 aromatic heterocycles. The SMILES string of the molecule is CC(C)n1cc([C@@H](C)N)nn1.Cl. The predicted octanol–water partition coefficient (Wildman–Crippen LogP) is 1.30. The van der Waals surface area contributed by atoms with E-state index in [1.54, 1.807) is 4.68 Å². The number of halogens is 1. The molecule has 0 radical (unpaired) electrons. The van der Waals surface area contributed by atoms with Gasteiger partial charge < -0.3 is 5.73 Å². The van der Waals surface area contributed by atoms with Crippen molar-refractivity contribution in [2.24, 2.45) is 5.73 Å². The second-order valence-electron chi connectivity index (χ2n) is 3.01. The van der Waals surface area contributed by atoms with E-state index in [0.717, 1.165) is 5.69 Å². The molecule has 0 saturated heterocycles. The molecule has 1 heterocycles. The monoisotopic (exact) mass is 190 g/mol. The number of hydrogen-bond acceptors (Lipinski definition) is 3. The molecule has 70 valence electrons. The van der Waals surface area contributed by atoms with Gasteiger partial charge in [-0.3, -0.25) is 0 Å². The molecule has 0 bridgehead atoms. The van der Waals surface area contributed by atoms with Gasteiger partial charge in [-0.1, -0.05) is 5.21 Å². The van der Waals surface area contributed by atoms with E-state index in [4.69, 9.17) is 5.73 Å². The number of nitrogens with two attached hydrogens (primary N) is 1. The van der Waals surface area contributed by atoms with Gasteiger partial charge in [0.15, 0.2) is 0 Å². The molecule has 5 heteroatoms. The van der Waals surface area contributed by atoms with E-state index in [2.05, 4.69) is 24.2 Å². The lowest BCUT2D eigenvalue weighted by Gasteiger charge is -2.01. The Hall–Kier alpha value is -0.610. The highest BCUT2D eigenvalue weighted by molar-refractivity contribution is 5.85. The van der Waals surface area contributed by atoms with Gasteiger partial charge in [-0.05, 0) is 20.8 Å². The molecule has 0 aliphatic rings. The molecule has 0 amide bonds. The van der Waals surface area contributed by atoms with Crippen molar-refractivity contribution in [3.8, 4) is 0 Å². The van der Waals surface area contributed by atoms with E-state index < -0.39 is 0 Å². The van der Waals surface area contributed by atoms with Gasteiger partial charge in [0.25, 0.3) is 0 Å². The fourth-order valence-corrected chi connectivity index (χ4v) is 0.751. The molecule has 12 heavy (non-hydrogen) atoms. The fraction of sp³-hybridized carbons (Fsp3) is 0.714. The van der Waals surface area contributed by atoms with E-state index in [1.165, 1.54) is 0 Å². The van der Waals surface area contributed by atoms with Crippen molar-refractivity contribution in [2.45, 2.75) is 32.9 Å². The van der Waals surface area contributed by atoms with Gasteiger partial charge in [-0.15, -0.1) is 17.5 Å². The molecule has 2 N–H and O–H groups in total. The van der Waals surface area contributed by atoms with E-state index >= 15 is 0 Å². The molecule has 0 unspecified atom stereocenters. The molecule has 1 aromatic rings. The minimum absolute atomic E-state index is 0. The number of nitrogens with zero attached hydrogens (tertiary/aromatic N) is 3. The smallest absolute Gasteiger partial charge is 0.0991 e. The molecular weight excluding hydrogens is 176 g/mol. The van der Waals surface area contributed by atoms with Gasteiger partial charge in [-0.2, -0.15) is 0 Å². The van der Waals surface area contributed by atoms with Crippen LogP contribution in [-0.2, 0) is 0 Å². The summed E-state index contributed by atoms with van der Waals surface area (Å²) in [6.07, 6.45) is 1.88. The standard InChI is InChI=1S/C7H14N4.ClH/c1-5(2)11-4-7(6(3)8)9-10-11;/h4-6H,8H2,1-3H3;1H/t6-;/m1./s1. The quantitative estimate of drug-likeness (QED) is 0.765. The third kappa shape index (κ3) is 2.46. The van der Waals surface area contributed by atoms with Crippen molar-refractivity contribution in [2.75, 3.05) is 0 Å². The summed E-state index contributed by atoms with van der Waals surface area (Å²) in [5.41, 5.74) is 6.46. The third-order valence-corrected chi connectivity index (χ3v) is 1.52. The topological polar surface area (TPSA) is 56.7 Å².